The van der Waals surface area contributed by atoms with E-state index in [-0.39, 0.29) is 5.92 Å². The molecule has 1 saturated carbocycles. The fourth-order valence-corrected chi connectivity index (χ4v) is 5.86. The molecule has 1 aromatic heterocycles. The molecule has 0 bridgehead atoms. The third-order valence-electron chi connectivity index (χ3n) is 7.46. The standard InChI is InChI=1S/C24H29F3N2O/c25-24(26,27)19-10-8-16(9-11-19)18-14-20(17-6-2-1-3-7-17)22-21(15-18)23(30-28-22)29-12-4-5-13-29/h8-11,17-18,20H,1-7,12-15H2. The van der Waals surface area contributed by atoms with Crippen LogP contribution >= 0.6 is 0 Å². The monoisotopic (exact) mass is 418 g/mol. The van der Waals surface area contributed by atoms with E-state index in [4.69, 9.17) is 4.52 Å². The van der Waals surface area contributed by atoms with E-state index in [9.17, 15) is 13.2 Å². The lowest BCUT2D eigenvalue weighted by Crippen LogP contribution is -2.26. The molecule has 1 saturated heterocycles. The van der Waals surface area contributed by atoms with Crippen LogP contribution in [-0.4, -0.2) is 18.2 Å². The second-order valence-corrected chi connectivity index (χ2v) is 9.31. The van der Waals surface area contributed by atoms with Gasteiger partial charge in [0.2, 0.25) is 5.88 Å². The number of benzene rings is 1. The summed E-state index contributed by atoms with van der Waals surface area (Å²) in [6.45, 7) is 2.00. The van der Waals surface area contributed by atoms with Crippen LogP contribution in [0.15, 0.2) is 28.8 Å². The van der Waals surface area contributed by atoms with Gasteiger partial charge in [-0.15, -0.1) is 0 Å². The minimum Gasteiger partial charge on any atom is -0.340 e. The van der Waals surface area contributed by atoms with Crippen molar-refractivity contribution in [1.29, 1.82) is 0 Å². The van der Waals surface area contributed by atoms with Gasteiger partial charge in [-0.3, -0.25) is 0 Å². The minimum atomic E-state index is -4.29. The second-order valence-electron chi connectivity index (χ2n) is 9.31. The number of rotatable bonds is 3. The van der Waals surface area contributed by atoms with Gasteiger partial charge in [0.15, 0.2) is 0 Å². The number of aromatic nitrogens is 1. The Morgan fingerprint density at radius 1 is 0.933 bits per heavy atom. The molecule has 0 spiro atoms. The molecular weight excluding hydrogens is 389 g/mol. The van der Waals surface area contributed by atoms with Crippen molar-refractivity contribution in [2.75, 3.05) is 18.0 Å². The van der Waals surface area contributed by atoms with Crippen molar-refractivity contribution in [3.8, 4) is 0 Å². The lowest BCUT2D eigenvalue weighted by molar-refractivity contribution is -0.137. The number of anilines is 1. The molecule has 0 amide bonds. The topological polar surface area (TPSA) is 29.3 Å². The highest BCUT2D eigenvalue weighted by atomic mass is 19.4. The smallest absolute Gasteiger partial charge is 0.340 e. The van der Waals surface area contributed by atoms with E-state index in [1.165, 1.54) is 62.6 Å². The Hall–Kier alpha value is -1.98. The zero-order chi connectivity index (χ0) is 20.7. The molecule has 0 N–H and O–H groups in total. The van der Waals surface area contributed by atoms with Crippen LogP contribution < -0.4 is 4.90 Å². The zero-order valence-corrected chi connectivity index (χ0v) is 17.3. The van der Waals surface area contributed by atoms with Crippen LogP contribution in [0.2, 0.25) is 0 Å². The van der Waals surface area contributed by atoms with Gasteiger partial charge in [-0.1, -0.05) is 36.6 Å². The molecule has 30 heavy (non-hydrogen) atoms. The van der Waals surface area contributed by atoms with Crippen LogP contribution in [0.5, 0.6) is 0 Å². The number of hydrogen-bond acceptors (Lipinski definition) is 3. The summed E-state index contributed by atoms with van der Waals surface area (Å²) >= 11 is 0. The molecule has 162 valence electrons. The number of nitrogens with zero attached hydrogens (tertiary/aromatic N) is 2. The first-order valence-electron chi connectivity index (χ1n) is 11.4. The van der Waals surface area contributed by atoms with Crippen LogP contribution in [0, 0.1) is 5.92 Å². The third-order valence-corrected chi connectivity index (χ3v) is 7.46. The van der Waals surface area contributed by atoms with Crippen LogP contribution in [0.3, 0.4) is 0 Å². The van der Waals surface area contributed by atoms with Crippen molar-refractivity contribution >= 4 is 5.88 Å². The maximum Gasteiger partial charge on any atom is 0.416 e. The fourth-order valence-electron chi connectivity index (χ4n) is 5.86. The van der Waals surface area contributed by atoms with Crippen molar-refractivity contribution in [3.05, 3.63) is 46.6 Å². The fraction of sp³-hybridized carbons (Fsp3) is 0.625. The van der Waals surface area contributed by atoms with Crippen LogP contribution in [0.4, 0.5) is 19.1 Å². The first kappa shape index (κ1) is 20.0. The van der Waals surface area contributed by atoms with Gasteiger partial charge in [-0.2, -0.15) is 13.2 Å². The average molecular weight is 419 g/mol. The van der Waals surface area contributed by atoms with E-state index < -0.39 is 11.7 Å². The van der Waals surface area contributed by atoms with Gasteiger partial charge in [-0.25, -0.2) is 0 Å². The van der Waals surface area contributed by atoms with Crippen molar-refractivity contribution in [3.63, 3.8) is 0 Å². The first-order valence-corrected chi connectivity index (χ1v) is 11.4. The third kappa shape index (κ3) is 3.74. The van der Waals surface area contributed by atoms with Crippen molar-refractivity contribution < 1.29 is 17.7 Å². The average Bonchev–Trinajstić information content (AvgIpc) is 3.43. The normalized spacial score (nSPS) is 25.5. The Morgan fingerprint density at radius 3 is 2.30 bits per heavy atom. The quantitative estimate of drug-likeness (QED) is 0.556. The lowest BCUT2D eigenvalue weighted by atomic mass is 9.68. The summed E-state index contributed by atoms with van der Waals surface area (Å²) in [5, 5.41) is 4.57. The number of fused-ring (bicyclic) bond motifs is 1. The van der Waals surface area contributed by atoms with Gasteiger partial charge in [0.25, 0.3) is 0 Å². The minimum absolute atomic E-state index is 0.215. The Bertz CT molecular complexity index is 862. The summed E-state index contributed by atoms with van der Waals surface area (Å²) < 4.78 is 45.0. The summed E-state index contributed by atoms with van der Waals surface area (Å²) in [5.74, 6) is 2.08. The van der Waals surface area contributed by atoms with Crippen molar-refractivity contribution in [1.82, 2.24) is 5.16 Å². The molecule has 2 heterocycles. The molecule has 0 radical (unpaired) electrons. The predicted molar refractivity (Wildman–Crippen MR) is 110 cm³/mol. The Balaban J connectivity index is 1.48. The molecule has 5 rings (SSSR count). The second kappa shape index (κ2) is 7.93. The van der Waals surface area contributed by atoms with E-state index >= 15 is 0 Å². The molecule has 1 aliphatic heterocycles. The Labute approximate surface area is 175 Å². The SMILES string of the molecule is FC(F)(F)c1ccc(C2Cc3c(noc3N3CCCC3)C(C3CCCCC3)C2)cc1. The molecular formula is C24H29F3N2O. The Kier molecular flexibility index (Phi) is 5.28. The van der Waals surface area contributed by atoms with Gasteiger partial charge in [-0.05, 0) is 68.1 Å². The van der Waals surface area contributed by atoms with Gasteiger partial charge in [0, 0.05) is 24.6 Å². The van der Waals surface area contributed by atoms with E-state index in [1.807, 2.05) is 0 Å². The maximum absolute atomic E-state index is 13.0. The van der Waals surface area contributed by atoms with Gasteiger partial charge >= 0.3 is 6.18 Å². The van der Waals surface area contributed by atoms with E-state index in [2.05, 4.69) is 10.1 Å². The molecule has 2 unspecified atom stereocenters. The molecule has 2 atom stereocenters. The predicted octanol–water partition coefficient (Wildman–Crippen LogP) is 6.69. The van der Waals surface area contributed by atoms with Gasteiger partial charge in [0.05, 0.1) is 11.3 Å². The summed E-state index contributed by atoms with van der Waals surface area (Å²) in [6.07, 6.45) is 6.07. The molecule has 6 heteroatoms. The summed E-state index contributed by atoms with van der Waals surface area (Å²) in [5.41, 5.74) is 2.77. The van der Waals surface area contributed by atoms with Gasteiger partial charge < -0.3 is 9.42 Å². The summed E-state index contributed by atoms with van der Waals surface area (Å²) in [7, 11) is 0. The Morgan fingerprint density at radius 2 is 1.63 bits per heavy atom. The molecule has 3 aliphatic rings. The highest BCUT2D eigenvalue weighted by molar-refractivity contribution is 5.51. The number of hydrogen-bond donors (Lipinski definition) is 0. The molecule has 3 nitrogen and oxygen atoms in total. The van der Waals surface area contributed by atoms with Crippen molar-refractivity contribution in [2.24, 2.45) is 5.92 Å². The zero-order valence-electron chi connectivity index (χ0n) is 17.3. The molecule has 2 aliphatic carbocycles. The highest BCUT2D eigenvalue weighted by Crippen LogP contribution is 2.49. The van der Waals surface area contributed by atoms with Crippen molar-refractivity contribution in [2.45, 2.75) is 75.8 Å². The molecule has 1 aromatic carbocycles. The van der Waals surface area contributed by atoms with E-state index in [1.54, 1.807) is 12.1 Å². The largest absolute Gasteiger partial charge is 0.416 e. The summed E-state index contributed by atoms with van der Waals surface area (Å²) in [6, 6.07) is 5.82. The lowest BCUT2D eigenvalue weighted by Gasteiger charge is -2.36. The molecule has 2 aromatic rings. The molecule has 2 fully saturated rings. The number of alkyl halides is 3. The summed E-state index contributed by atoms with van der Waals surface area (Å²) in [4.78, 5) is 2.30. The van der Waals surface area contributed by atoms with Crippen LogP contribution in [0.1, 0.15) is 85.6 Å². The highest BCUT2D eigenvalue weighted by Gasteiger charge is 2.39. The van der Waals surface area contributed by atoms with Crippen LogP contribution in [0.25, 0.3) is 0 Å². The first-order chi connectivity index (χ1) is 14.5. The number of halogens is 3. The van der Waals surface area contributed by atoms with Crippen LogP contribution in [-0.2, 0) is 12.6 Å². The van der Waals surface area contributed by atoms with E-state index in [0.29, 0.717) is 11.8 Å². The van der Waals surface area contributed by atoms with E-state index in [0.717, 1.165) is 43.1 Å². The maximum atomic E-state index is 13.0. The van der Waals surface area contributed by atoms with Gasteiger partial charge in [0.1, 0.15) is 0 Å².